The van der Waals surface area contributed by atoms with Gasteiger partial charge in [-0.1, -0.05) is 19.1 Å². The molecule has 1 rings (SSSR count). The molecule has 0 bridgehead atoms. The van der Waals surface area contributed by atoms with Crippen molar-refractivity contribution in [3.8, 4) is 5.75 Å². The van der Waals surface area contributed by atoms with Crippen LogP contribution in [0.5, 0.6) is 5.75 Å². The van der Waals surface area contributed by atoms with Crippen molar-refractivity contribution in [2.75, 3.05) is 18.9 Å². The van der Waals surface area contributed by atoms with E-state index in [9.17, 15) is 8.42 Å². The van der Waals surface area contributed by atoms with Crippen LogP contribution in [0.1, 0.15) is 31.9 Å². The Morgan fingerprint density at radius 2 is 1.95 bits per heavy atom. The number of hydrogen-bond acceptors (Lipinski definition) is 4. The van der Waals surface area contributed by atoms with Crippen LogP contribution in [-0.4, -0.2) is 27.3 Å². The lowest BCUT2D eigenvalue weighted by Crippen LogP contribution is -2.28. The number of rotatable bonds is 8. The van der Waals surface area contributed by atoms with Gasteiger partial charge in [0.1, 0.15) is 5.75 Å². The van der Waals surface area contributed by atoms with Crippen molar-refractivity contribution in [2.45, 2.75) is 26.3 Å². The van der Waals surface area contributed by atoms with Crippen LogP contribution < -0.4 is 15.2 Å². The third-order valence-electron chi connectivity index (χ3n) is 2.69. The second-order valence-corrected chi connectivity index (χ2v) is 6.19. The molecule has 108 valence electrons. The molecule has 0 saturated carbocycles. The molecule has 1 aromatic rings. The van der Waals surface area contributed by atoms with Gasteiger partial charge in [0, 0.05) is 12.6 Å². The maximum Gasteiger partial charge on any atom is 0.210 e. The van der Waals surface area contributed by atoms with Crippen LogP contribution in [0.15, 0.2) is 24.3 Å². The lowest BCUT2D eigenvalue weighted by Gasteiger charge is -2.14. The predicted octanol–water partition coefficient (Wildman–Crippen LogP) is 1.41. The maximum absolute atomic E-state index is 10.8. The molecule has 0 radical (unpaired) electrons. The van der Waals surface area contributed by atoms with E-state index in [2.05, 4.69) is 12.2 Å². The Labute approximate surface area is 115 Å². The van der Waals surface area contributed by atoms with Crippen LogP contribution in [-0.2, 0) is 10.0 Å². The topological polar surface area (TPSA) is 81.4 Å². The normalized spacial score (nSPS) is 13.2. The lowest BCUT2D eigenvalue weighted by molar-refractivity contribution is 0.317. The fraction of sp³-hybridized carbons (Fsp3) is 0.538. The van der Waals surface area contributed by atoms with Crippen LogP contribution >= 0.6 is 0 Å². The van der Waals surface area contributed by atoms with Gasteiger partial charge in [-0.2, -0.15) is 0 Å². The Kier molecular flexibility index (Phi) is 6.27. The molecule has 0 saturated heterocycles. The number of sulfonamides is 1. The monoisotopic (exact) mass is 286 g/mol. The predicted molar refractivity (Wildman–Crippen MR) is 76.6 cm³/mol. The van der Waals surface area contributed by atoms with E-state index in [1.54, 1.807) is 0 Å². The second-order valence-electron chi connectivity index (χ2n) is 4.46. The van der Waals surface area contributed by atoms with Crippen molar-refractivity contribution in [1.29, 1.82) is 0 Å². The average Bonchev–Trinajstić information content (AvgIpc) is 2.35. The van der Waals surface area contributed by atoms with Crippen molar-refractivity contribution >= 4 is 10.0 Å². The van der Waals surface area contributed by atoms with Crippen molar-refractivity contribution in [1.82, 2.24) is 5.32 Å². The summed E-state index contributed by atoms with van der Waals surface area (Å²) in [6.45, 7) is 5.09. The zero-order chi connectivity index (χ0) is 14.3. The van der Waals surface area contributed by atoms with Crippen molar-refractivity contribution in [3.63, 3.8) is 0 Å². The summed E-state index contributed by atoms with van der Waals surface area (Å²) >= 11 is 0. The molecule has 1 atom stereocenters. The van der Waals surface area contributed by atoms with Crippen LogP contribution in [0.3, 0.4) is 0 Å². The van der Waals surface area contributed by atoms with Crippen LogP contribution in [0.2, 0.25) is 0 Å². The molecule has 0 aromatic heterocycles. The largest absolute Gasteiger partial charge is 0.494 e. The average molecular weight is 286 g/mol. The van der Waals surface area contributed by atoms with E-state index in [0.717, 1.165) is 17.7 Å². The molecule has 0 spiro atoms. The first-order chi connectivity index (χ1) is 8.92. The van der Waals surface area contributed by atoms with Crippen molar-refractivity contribution < 1.29 is 13.2 Å². The Morgan fingerprint density at radius 1 is 1.32 bits per heavy atom. The number of ether oxygens (including phenoxy) is 1. The van der Waals surface area contributed by atoms with E-state index in [4.69, 9.17) is 9.88 Å². The van der Waals surface area contributed by atoms with Crippen LogP contribution in [0.4, 0.5) is 0 Å². The van der Waals surface area contributed by atoms with E-state index in [1.807, 2.05) is 31.2 Å². The van der Waals surface area contributed by atoms with Gasteiger partial charge in [-0.05, 0) is 31.0 Å². The Balaban J connectivity index is 2.46. The summed E-state index contributed by atoms with van der Waals surface area (Å²) < 4.78 is 27.1. The van der Waals surface area contributed by atoms with E-state index in [1.165, 1.54) is 0 Å². The SMILES string of the molecule is CCCOc1ccc(C(C)NCCS(N)(=O)=O)cc1. The first-order valence-corrected chi connectivity index (χ1v) is 8.10. The molecule has 3 N–H and O–H groups in total. The summed E-state index contributed by atoms with van der Waals surface area (Å²) in [6.07, 6.45) is 0.979. The molecular formula is C13H22N2O3S. The van der Waals surface area contributed by atoms with Gasteiger partial charge >= 0.3 is 0 Å². The number of hydrogen-bond donors (Lipinski definition) is 2. The number of benzene rings is 1. The Morgan fingerprint density at radius 3 is 2.47 bits per heavy atom. The van der Waals surface area contributed by atoms with E-state index in [-0.39, 0.29) is 11.8 Å². The number of nitrogens with one attached hydrogen (secondary N) is 1. The van der Waals surface area contributed by atoms with Gasteiger partial charge in [0.2, 0.25) is 10.0 Å². The quantitative estimate of drug-likeness (QED) is 0.757. The minimum absolute atomic E-state index is 0.0605. The summed E-state index contributed by atoms with van der Waals surface area (Å²) in [4.78, 5) is 0. The third kappa shape index (κ3) is 6.56. The fourth-order valence-corrected chi connectivity index (χ4v) is 2.01. The Hall–Kier alpha value is -1.11. The highest BCUT2D eigenvalue weighted by Crippen LogP contribution is 2.17. The van der Waals surface area contributed by atoms with Gasteiger partial charge in [-0.3, -0.25) is 0 Å². The lowest BCUT2D eigenvalue weighted by atomic mass is 10.1. The van der Waals surface area contributed by atoms with Gasteiger partial charge in [-0.25, -0.2) is 13.6 Å². The van der Waals surface area contributed by atoms with Gasteiger partial charge in [0.05, 0.1) is 12.4 Å². The van der Waals surface area contributed by atoms with Gasteiger partial charge < -0.3 is 10.1 Å². The zero-order valence-corrected chi connectivity index (χ0v) is 12.2. The molecule has 0 heterocycles. The minimum atomic E-state index is -3.40. The van der Waals surface area contributed by atoms with Crippen LogP contribution in [0, 0.1) is 0 Å². The number of primary sulfonamides is 1. The molecule has 1 unspecified atom stereocenters. The number of nitrogens with two attached hydrogens (primary N) is 1. The summed E-state index contributed by atoms with van der Waals surface area (Å²) in [6, 6.07) is 7.85. The maximum atomic E-state index is 10.8. The summed E-state index contributed by atoms with van der Waals surface area (Å²) in [7, 11) is -3.40. The standard InChI is InChI=1S/C13H22N2O3S/c1-3-9-18-13-6-4-12(5-7-13)11(2)15-8-10-19(14,16)17/h4-7,11,15H,3,8-10H2,1-2H3,(H2,14,16,17). The molecule has 0 aliphatic heterocycles. The zero-order valence-electron chi connectivity index (χ0n) is 11.4. The fourth-order valence-electron chi connectivity index (χ4n) is 1.61. The van der Waals surface area contributed by atoms with Crippen molar-refractivity contribution in [3.05, 3.63) is 29.8 Å². The van der Waals surface area contributed by atoms with Crippen molar-refractivity contribution in [2.24, 2.45) is 5.14 Å². The molecule has 6 heteroatoms. The van der Waals surface area contributed by atoms with Gasteiger partial charge in [-0.15, -0.1) is 0 Å². The molecule has 0 fully saturated rings. The molecule has 0 aliphatic rings. The smallest absolute Gasteiger partial charge is 0.210 e. The first kappa shape index (κ1) is 15.9. The highest BCUT2D eigenvalue weighted by Gasteiger charge is 2.07. The molecule has 5 nitrogen and oxygen atoms in total. The summed E-state index contributed by atoms with van der Waals surface area (Å²) in [5.41, 5.74) is 1.08. The van der Waals surface area contributed by atoms with E-state index in [0.29, 0.717) is 13.2 Å². The molecule has 1 aromatic carbocycles. The molecule has 19 heavy (non-hydrogen) atoms. The van der Waals surface area contributed by atoms with E-state index < -0.39 is 10.0 Å². The van der Waals surface area contributed by atoms with Gasteiger partial charge in [0.25, 0.3) is 0 Å². The Bertz CT molecular complexity index is 471. The summed E-state index contributed by atoms with van der Waals surface area (Å²) in [5, 5.41) is 8.06. The van der Waals surface area contributed by atoms with Crippen LogP contribution in [0.25, 0.3) is 0 Å². The highest BCUT2D eigenvalue weighted by molar-refractivity contribution is 7.89. The van der Waals surface area contributed by atoms with Gasteiger partial charge in [0.15, 0.2) is 0 Å². The third-order valence-corrected chi connectivity index (χ3v) is 3.46. The minimum Gasteiger partial charge on any atom is -0.494 e. The second kappa shape index (κ2) is 7.47. The molecule has 0 amide bonds. The van der Waals surface area contributed by atoms with E-state index >= 15 is 0 Å². The first-order valence-electron chi connectivity index (χ1n) is 6.39. The molecular weight excluding hydrogens is 264 g/mol. The summed E-state index contributed by atoms with van der Waals surface area (Å²) in [5.74, 6) is 0.789. The highest BCUT2D eigenvalue weighted by atomic mass is 32.2. The molecule has 0 aliphatic carbocycles.